The maximum Gasteiger partial charge on any atom is 0.182 e. The predicted molar refractivity (Wildman–Crippen MR) is 85.7 cm³/mol. The van der Waals surface area contributed by atoms with Crippen LogP contribution in [0.4, 0.5) is 11.6 Å². The van der Waals surface area contributed by atoms with Gasteiger partial charge in [-0.25, -0.2) is 11.0 Å². The van der Waals surface area contributed by atoms with Crippen molar-refractivity contribution in [1.82, 2.24) is 9.13 Å². The van der Waals surface area contributed by atoms with Gasteiger partial charge in [0.2, 0.25) is 0 Å². The minimum absolute atomic E-state index is 0.00618. The zero-order valence-electron chi connectivity index (χ0n) is 12.1. The molecule has 10 heteroatoms. The van der Waals surface area contributed by atoms with Crippen molar-refractivity contribution in [2.45, 2.75) is 6.54 Å². The fraction of sp³-hybridized carbons (Fsp3) is 0.231. The molecule has 0 bridgehead atoms. The van der Waals surface area contributed by atoms with E-state index >= 15 is 0 Å². The summed E-state index contributed by atoms with van der Waals surface area (Å²) in [4.78, 5) is 5.05. The summed E-state index contributed by atoms with van der Waals surface area (Å²) in [6.45, 7) is 0.810. The van der Waals surface area contributed by atoms with Gasteiger partial charge in [0.05, 0.1) is 22.3 Å². The van der Waals surface area contributed by atoms with Crippen LogP contribution in [-0.4, -0.2) is 22.9 Å². The number of fused-ring (bicyclic) bond motifs is 1. The number of hydrogen-bond donors (Lipinski definition) is 4. The molecule has 1 aromatic heterocycles. The van der Waals surface area contributed by atoms with Gasteiger partial charge in [-0.1, -0.05) is 23.2 Å². The van der Waals surface area contributed by atoms with Crippen molar-refractivity contribution < 1.29 is 9.68 Å². The first-order chi connectivity index (χ1) is 11.0. The summed E-state index contributed by atoms with van der Waals surface area (Å²) in [6.07, 6.45) is 0. The van der Waals surface area contributed by atoms with Gasteiger partial charge < -0.3 is 9.30 Å². The number of methoxy groups -OCH3 is 1. The van der Waals surface area contributed by atoms with Crippen molar-refractivity contribution >= 4 is 34.8 Å². The highest BCUT2D eigenvalue weighted by molar-refractivity contribution is 6.42. The SMILES string of the molecule is COCCn1c2c(n(-c3ccc(Cl)c(Cl)c3)c(=N)c1=N)NON2. The number of ether oxygens (including phenoxy) is 1. The zero-order valence-corrected chi connectivity index (χ0v) is 13.6. The van der Waals surface area contributed by atoms with E-state index in [-0.39, 0.29) is 11.0 Å². The van der Waals surface area contributed by atoms with Crippen molar-refractivity contribution in [3.05, 3.63) is 39.2 Å². The number of rotatable bonds is 4. The van der Waals surface area contributed by atoms with Gasteiger partial charge in [-0.05, 0) is 18.2 Å². The molecule has 1 aliphatic rings. The van der Waals surface area contributed by atoms with Gasteiger partial charge in [0.1, 0.15) is 0 Å². The van der Waals surface area contributed by atoms with Crippen molar-refractivity contribution in [2.24, 2.45) is 0 Å². The zero-order chi connectivity index (χ0) is 16.6. The molecule has 0 radical (unpaired) electrons. The van der Waals surface area contributed by atoms with Crippen LogP contribution in [0.5, 0.6) is 0 Å². The topological polar surface area (TPSA) is 100 Å². The first kappa shape index (κ1) is 15.9. The quantitative estimate of drug-likeness (QED) is 0.671. The van der Waals surface area contributed by atoms with Crippen LogP contribution < -0.4 is 21.9 Å². The second-order valence-corrected chi connectivity index (χ2v) is 5.59. The van der Waals surface area contributed by atoms with Crippen molar-refractivity contribution in [3.8, 4) is 5.69 Å². The van der Waals surface area contributed by atoms with Crippen LogP contribution in [0.25, 0.3) is 5.69 Å². The normalized spacial score (nSPS) is 12.7. The molecule has 0 spiro atoms. The fourth-order valence-corrected chi connectivity index (χ4v) is 2.59. The molecule has 23 heavy (non-hydrogen) atoms. The Labute approximate surface area is 141 Å². The molecular formula is C13H14Cl2N6O2. The first-order valence-electron chi connectivity index (χ1n) is 6.66. The predicted octanol–water partition coefficient (Wildman–Crippen LogP) is 1.87. The molecule has 0 saturated carbocycles. The molecule has 0 aliphatic carbocycles. The summed E-state index contributed by atoms with van der Waals surface area (Å²) in [5.74, 6) is 1.01. The monoisotopic (exact) mass is 356 g/mol. The lowest BCUT2D eigenvalue weighted by atomic mass is 10.3. The lowest BCUT2D eigenvalue weighted by Crippen LogP contribution is -2.42. The second kappa shape index (κ2) is 6.25. The van der Waals surface area contributed by atoms with Gasteiger partial charge in [-0.15, -0.1) is 0 Å². The van der Waals surface area contributed by atoms with Gasteiger partial charge in [0, 0.05) is 13.7 Å². The Bertz CT molecular complexity index is 876. The van der Waals surface area contributed by atoms with E-state index in [1.807, 2.05) is 0 Å². The third-order valence-electron chi connectivity index (χ3n) is 3.41. The van der Waals surface area contributed by atoms with E-state index < -0.39 is 0 Å². The Morgan fingerprint density at radius 1 is 1.13 bits per heavy atom. The van der Waals surface area contributed by atoms with Crippen LogP contribution in [0.3, 0.4) is 0 Å². The number of nitrogens with one attached hydrogen (secondary N) is 4. The molecular weight excluding hydrogens is 343 g/mol. The molecule has 3 rings (SSSR count). The highest BCUT2D eigenvalue weighted by Gasteiger charge is 2.22. The van der Waals surface area contributed by atoms with Crippen LogP contribution in [0.1, 0.15) is 0 Å². The van der Waals surface area contributed by atoms with Crippen molar-refractivity contribution in [3.63, 3.8) is 0 Å². The number of halogens is 2. The van der Waals surface area contributed by atoms with E-state index in [4.69, 9.17) is 43.7 Å². The average molecular weight is 357 g/mol. The smallest absolute Gasteiger partial charge is 0.182 e. The van der Waals surface area contributed by atoms with Crippen molar-refractivity contribution in [2.75, 3.05) is 24.7 Å². The van der Waals surface area contributed by atoms with Crippen LogP contribution in [-0.2, 0) is 16.2 Å². The Hall–Kier alpha value is -2.00. The van der Waals surface area contributed by atoms with Gasteiger partial charge in [0.25, 0.3) is 0 Å². The van der Waals surface area contributed by atoms with Crippen LogP contribution in [0.2, 0.25) is 10.0 Å². The highest BCUT2D eigenvalue weighted by Crippen LogP contribution is 2.29. The molecule has 4 N–H and O–H groups in total. The fourth-order valence-electron chi connectivity index (χ4n) is 2.30. The van der Waals surface area contributed by atoms with E-state index in [1.165, 1.54) is 4.57 Å². The van der Waals surface area contributed by atoms with Gasteiger partial charge in [-0.3, -0.25) is 15.4 Å². The molecule has 1 aromatic carbocycles. The molecule has 1 aliphatic heterocycles. The van der Waals surface area contributed by atoms with Crippen molar-refractivity contribution in [1.29, 1.82) is 10.8 Å². The summed E-state index contributed by atoms with van der Waals surface area (Å²) in [5.41, 5.74) is 5.96. The number of anilines is 2. The Morgan fingerprint density at radius 2 is 1.87 bits per heavy atom. The number of nitrogens with zero attached hydrogens (tertiary/aromatic N) is 2. The summed E-state index contributed by atoms with van der Waals surface area (Å²) < 4.78 is 8.16. The van der Waals surface area contributed by atoms with Gasteiger partial charge in [-0.2, -0.15) is 4.94 Å². The lowest BCUT2D eigenvalue weighted by molar-refractivity contribution is 0.185. The van der Waals surface area contributed by atoms with Crippen LogP contribution >= 0.6 is 23.2 Å². The summed E-state index contributed by atoms with van der Waals surface area (Å²) in [6, 6.07) is 4.98. The molecule has 0 atom stereocenters. The minimum Gasteiger partial charge on any atom is -0.383 e. The third-order valence-corrected chi connectivity index (χ3v) is 4.15. The highest BCUT2D eigenvalue weighted by atomic mass is 35.5. The maximum absolute atomic E-state index is 8.32. The number of aromatic nitrogens is 2. The van der Waals surface area contributed by atoms with E-state index in [2.05, 4.69) is 11.0 Å². The Balaban J connectivity index is 2.25. The number of benzene rings is 1. The Morgan fingerprint density at radius 3 is 2.57 bits per heavy atom. The minimum atomic E-state index is -0.0296. The second-order valence-electron chi connectivity index (χ2n) is 4.78. The summed E-state index contributed by atoms with van der Waals surface area (Å²) in [5, 5.41) is 17.3. The molecule has 0 amide bonds. The van der Waals surface area contributed by atoms with E-state index in [0.29, 0.717) is 40.5 Å². The van der Waals surface area contributed by atoms with Crippen LogP contribution in [0, 0.1) is 10.8 Å². The van der Waals surface area contributed by atoms with E-state index in [0.717, 1.165) is 0 Å². The molecule has 0 saturated heterocycles. The standard InChI is InChI=1S/C13H14Cl2N6O2/c1-22-5-4-20-10(16)11(17)21(13-12(20)18-23-19-13)7-2-3-8(14)9(15)6-7/h2-3,6,16-19H,4-5H2,1H3. The number of hydrogen-bond acceptors (Lipinski definition) is 6. The average Bonchev–Trinajstić information content (AvgIpc) is 3.00. The summed E-state index contributed by atoms with van der Waals surface area (Å²) in [7, 11) is 1.58. The summed E-state index contributed by atoms with van der Waals surface area (Å²) >= 11 is 12.0. The molecule has 122 valence electrons. The molecule has 2 heterocycles. The van der Waals surface area contributed by atoms with Gasteiger partial charge in [0.15, 0.2) is 22.6 Å². The van der Waals surface area contributed by atoms with E-state index in [9.17, 15) is 0 Å². The maximum atomic E-state index is 8.32. The van der Waals surface area contributed by atoms with Gasteiger partial charge >= 0.3 is 0 Å². The van der Waals surface area contributed by atoms with E-state index in [1.54, 1.807) is 29.9 Å². The molecule has 0 unspecified atom stereocenters. The largest absolute Gasteiger partial charge is 0.383 e. The molecule has 8 nitrogen and oxygen atoms in total. The molecule has 0 fully saturated rings. The lowest BCUT2D eigenvalue weighted by Gasteiger charge is -2.17. The Kier molecular flexibility index (Phi) is 4.31. The first-order valence-corrected chi connectivity index (χ1v) is 7.41. The molecule has 2 aromatic rings. The van der Waals surface area contributed by atoms with Crippen LogP contribution in [0.15, 0.2) is 18.2 Å². The third kappa shape index (κ3) is 2.70.